The molecule has 1 aromatic carbocycles. The van der Waals surface area contributed by atoms with Gasteiger partial charge >= 0.3 is 0 Å². The van der Waals surface area contributed by atoms with Crippen LogP contribution in [-0.4, -0.2) is 20.0 Å². The third kappa shape index (κ3) is 2.60. The molecule has 4 atom stereocenters. The molecule has 4 nitrogen and oxygen atoms in total. The summed E-state index contributed by atoms with van der Waals surface area (Å²) in [5.74, 6) is 0.0188. The Balaban J connectivity index is 1.77. The Morgan fingerprint density at radius 1 is 1.07 bits per heavy atom. The fraction of sp³-hybridized carbons (Fsp3) is 0.750. The van der Waals surface area contributed by atoms with Crippen LogP contribution in [0.3, 0.4) is 0 Å². The van der Waals surface area contributed by atoms with E-state index in [1.807, 2.05) is 0 Å². The van der Waals surface area contributed by atoms with Crippen molar-refractivity contribution in [3.63, 3.8) is 0 Å². The molecule has 2 heterocycles. The first-order valence-corrected chi connectivity index (χ1v) is 14.0. The predicted octanol–water partition coefficient (Wildman–Crippen LogP) is 6.56. The summed E-state index contributed by atoms with van der Waals surface area (Å²) in [5.41, 5.74) is 0.268. The van der Waals surface area contributed by atoms with Crippen LogP contribution < -0.4 is 4.43 Å². The summed E-state index contributed by atoms with van der Waals surface area (Å²) in [7, 11) is -1.94. The molecule has 0 aromatic heterocycles. The van der Waals surface area contributed by atoms with Gasteiger partial charge < -0.3 is 9.16 Å². The van der Waals surface area contributed by atoms with Crippen LogP contribution in [0.4, 0.5) is 0 Å². The van der Waals surface area contributed by atoms with Crippen molar-refractivity contribution >= 4 is 8.32 Å². The highest BCUT2D eigenvalue weighted by atomic mass is 28.4. The van der Waals surface area contributed by atoms with Gasteiger partial charge in [-0.3, -0.25) is 0 Å². The molecular formula is C24H38O4Si. The van der Waals surface area contributed by atoms with Crippen molar-refractivity contribution in [3.05, 3.63) is 29.8 Å². The van der Waals surface area contributed by atoms with Crippen molar-refractivity contribution in [2.24, 2.45) is 10.8 Å². The molecule has 0 amide bonds. The lowest BCUT2D eigenvalue weighted by molar-refractivity contribution is -0.628. The molecule has 5 heteroatoms. The van der Waals surface area contributed by atoms with Crippen LogP contribution >= 0.6 is 0 Å². The highest BCUT2D eigenvalue weighted by Gasteiger charge is 2.85. The van der Waals surface area contributed by atoms with Gasteiger partial charge in [-0.1, -0.05) is 67.0 Å². The van der Waals surface area contributed by atoms with Crippen molar-refractivity contribution in [2.75, 3.05) is 0 Å². The average Bonchev–Trinajstić information content (AvgIpc) is 2.95. The van der Waals surface area contributed by atoms with E-state index in [1.165, 1.54) is 6.42 Å². The average molecular weight is 419 g/mol. The normalized spacial score (nSPS) is 37.1. The van der Waals surface area contributed by atoms with Gasteiger partial charge in [-0.15, -0.1) is 0 Å². The van der Waals surface area contributed by atoms with Crippen molar-refractivity contribution in [2.45, 2.75) is 103 Å². The summed E-state index contributed by atoms with van der Waals surface area (Å²) in [6.45, 7) is 20.4. The minimum atomic E-state index is -1.94. The maximum Gasteiger partial charge on any atom is 0.261 e. The van der Waals surface area contributed by atoms with E-state index in [0.717, 1.165) is 24.2 Å². The summed E-state index contributed by atoms with van der Waals surface area (Å²) in [6.07, 6.45) is 3.48. The van der Waals surface area contributed by atoms with Gasteiger partial charge in [0.25, 0.3) is 5.79 Å². The summed E-state index contributed by atoms with van der Waals surface area (Å²) in [4.78, 5) is 12.1. The van der Waals surface area contributed by atoms with Crippen molar-refractivity contribution in [3.8, 4) is 5.75 Å². The van der Waals surface area contributed by atoms with Crippen molar-refractivity contribution < 1.29 is 18.9 Å². The van der Waals surface area contributed by atoms with Crippen LogP contribution in [0.25, 0.3) is 0 Å². The molecule has 0 spiro atoms. The lowest BCUT2D eigenvalue weighted by atomic mass is 9.55. The Morgan fingerprint density at radius 3 is 2.31 bits per heavy atom. The third-order valence-electron chi connectivity index (χ3n) is 8.18. The van der Waals surface area contributed by atoms with Gasteiger partial charge in [-0.25, -0.2) is 4.89 Å². The Kier molecular flexibility index (Phi) is 4.48. The Morgan fingerprint density at radius 2 is 1.76 bits per heavy atom. The first kappa shape index (κ1) is 21.4. The van der Waals surface area contributed by atoms with E-state index in [0.29, 0.717) is 0 Å². The van der Waals surface area contributed by atoms with Crippen LogP contribution in [-0.2, 0) is 20.3 Å². The molecule has 1 aliphatic carbocycles. The molecule has 1 saturated carbocycles. The zero-order chi connectivity index (χ0) is 21.5. The second-order valence-corrected chi connectivity index (χ2v) is 16.7. The molecule has 0 N–H and O–H groups in total. The molecule has 0 bridgehead atoms. The lowest BCUT2D eigenvalue weighted by Gasteiger charge is -2.61. The standard InChI is InChI=1S/C24H38O4Si/c1-20(2,3)24-22(7)15-11-14-19(22)25-23(24,27-28-24)17-12-10-13-18(16-17)26-29(8,9)21(4,5)6/h10,12-13,16,19H,11,14-15H2,1-9H3. The molecule has 2 saturated heterocycles. The fourth-order valence-electron chi connectivity index (χ4n) is 5.71. The predicted molar refractivity (Wildman–Crippen MR) is 117 cm³/mol. The molecule has 162 valence electrons. The molecule has 3 fully saturated rings. The lowest BCUT2D eigenvalue weighted by Crippen LogP contribution is -2.73. The summed E-state index contributed by atoms with van der Waals surface area (Å²) in [5, 5.41) is 0.140. The SMILES string of the molecule is CC(C)(C)C12OOC1(c1cccc(O[Si](C)(C)C(C)(C)C)c1)OC1CCCC12C. The topological polar surface area (TPSA) is 36.9 Å². The van der Waals surface area contributed by atoms with Crippen LogP contribution in [0.5, 0.6) is 5.75 Å². The third-order valence-corrected chi connectivity index (χ3v) is 12.5. The van der Waals surface area contributed by atoms with E-state index >= 15 is 0 Å². The zero-order valence-electron chi connectivity index (χ0n) is 19.6. The molecule has 1 aromatic rings. The number of fused-ring (bicyclic) bond motifs is 3. The number of hydrogen-bond donors (Lipinski definition) is 0. The number of hydrogen-bond acceptors (Lipinski definition) is 4. The molecule has 4 rings (SSSR count). The van der Waals surface area contributed by atoms with Gasteiger partial charge in [0.15, 0.2) is 5.60 Å². The van der Waals surface area contributed by atoms with Crippen LogP contribution in [0, 0.1) is 10.8 Å². The monoisotopic (exact) mass is 418 g/mol. The fourth-order valence-corrected chi connectivity index (χ4v) is 6.73. The van der Waals surface area contributed by atoms with E-state index in [1.54, 1.807) is 0 Å². The van der Waals surface area contributed by atoms with E-state index in [2.05, 4.69) is 85.8 Å². The van der Waals surface area contributed by atoms with E-state index < -0.39 is 19.7 Å². The largest absolute Gasteiger partial charge is 0.543 e. The molecule has 4 unspecified atom stereocenters. The molecule has 0 radical (unpaired) electrons. The maximum absolute atomic E-state index is 6.75. The molecule has 3 aliphatic rings. The zero-order valence-corrected chi connectivity index (χ0v) is 20.6. The van der Waals surface area contributed by atoms with Crippen molar-refractivity contribution in [1.82, 2.24) is 0 Å². The molecular weight excluding hydrogens is 380 g/mol. The second kappa shape index (κ2) is 6.09. The second-order valence-electron chi connectivity index (χ2n) is 12.0. The highest BCUT2D eigenvalue weighted by molar-refractivity contribution is 6.74. The smallest absolute Gasteiger partial charge is 0.261 e. The Bertz CT molecular complexity index is 808. The van der Waals surface area contributed by atoms with Gasteiger partial charge in [-0.05, 0) is 43.1 Å². The van der Waals surface area contributed by atoms with Gasteiger partial charge in [0.05, 0.1) is 6.10 Å². The summed E-state index contributed by atoms with van der Waals surface area (Å²) in [6, 6.07) is 8.33. The van der Waals surface area contributed by atoms with Gasteiger partial charge in [0.2, 0.25) is 8.32 Å². The first-order valence-electron chi connectivity index (χ1n) is 11.0. The Labute approximate surface area is 177 Å². The Hall–Kier alpha value is -0.883. The summed E-state index contributed by atoms with van der Waals surface area (Å²) < 4.78 is 13.3. The van der Waals surface area contributed by atoms with Gasteiger partial charge in [0, 0.05) is 16.4 Å². The number of ether oxygens (including phenoxy) is 1. The van der Waals surface area contributed by atoms with Crippen LogP contribution in [0.15, 0.2) is 24.3 Å². The maximum atomic E-state index is 6.75. The van der Waals surface area contributed by atoms with E-state index in [4.69, 9.17) is 18.9 Å². The molecule has 2 aliphatic heterocycles. The minimum Gasteiger partial charge on any atom is -0.543 e. The minimum absolute atomic E-state index is 0.0697. The van der Waals surface area contributed by atoms with E-state index in [-0.39, 0.29) is 22.0 Å². The van der Waals surface area contributed by atoms with Crippen LogP contribution in [0.2, 0.25) is 18.1 Å². The van der Waals surface area contributed by atoms with Gasteiger partial charge in [-0.2, -0.15) is 4.89 Å². The summed E-state index contributed by atoms with van der Waals surface area (Å²) >= 11 is 0. The van der Waals surface area contributed by atoms with E-state index in [9.17, 15) is 0 Å². The van der Waals surface area contributed by atoms with Gasteiger partial charge in [0.1, 0.15) is 5.75 Å². The molecule has 29 heavy (non-hydrogen) atoms. The quantitative estimate of drug-likeness (QED) is 0.411. The number of rotatable bonds is 3. The first-order chi connectivity index (χ1) is 13.2. The van der Waals surface area contributed by atoms with Crippen molar-refractivity contribution in [1.29, 1.82) is 0 Å². The number of benzene rings is 1. The highest BCUT2D eigenvalue weighted by Crippen LogP contribution is 2.74. The van der Waals surface area contributed by atoms with Crippen LogP contribution in [0.1, 0.15) is 73.3 Å².